The van der Waals surface area contributed by atoms with Gasteiger partial charge in [0.25, 0.3) is 0 Å². The molecule has 1 aromatic carbocycles. The molecule has 1 aromatic heterocycles. The third kappa shape index (κ3) is 3.31. The van der Waals surface area contributed by atoms with E-state index in [0.29, 0.717) is 16.5 Å². The number of nitrogens with zero attached hydrogens (tertiary/aromatic N) is 1. The molecule has 1 fully saturated rings. The third-order valence-electron chi connectivity index (χ3n) is 4.35. The molecule has 1 aliphatic carbocycles. The van der Waals surface area contributed by atoms with Crippen LogP contribution in [0.25, 0.3) is 0 Å². The van der Waals surface area contributed by atoms with Crippen molar-refractivity contribution in [3.63, 3.8) is 0 Å². The summed E-state index contributed by atoms with van der Waals surface area (Å²) in [5, 5.41) is 9.72. The number of furan rings is 1. The highest BCUT2D eigenvalue weighted by Gasteiger charge is 2.45. The molecule has 0 radical (unpaired) electrons. The summed E-state index contributed by atoms with van der Waals surface area (Å²) in [6.07, 6.45) is 0.807. The molecular formula is C18H18ClNO4. The summed E-state index contributed by atoms with van der Waals surface area (Å²) in [5.74, 6) is -0.0251. The number of carbonyl (C=O) groups excluding carboxylic acids is 1. The number of benzene rings is 1. The van der Waals surface area contributed by atoms with Gasteiger partial charge in [-0.1, -0.05) is 23.7 Å². The topological polar surface area (TPSA) is 70.8 Å². The Labute approximate surface area is 144 Å². The van der Waals surface area contributed by atoms with Crippen LogP contribution in [0.3, 0.4) is 0 Å². The Hall–Kier alpha value is -2.27. The fraction of sp³-hybridized carbons (Fsp3) is 0.333. The van der Waals surface area contributed by atoms with Crippen LogP contribution >= 0.6 is 11.6 Å². The minimum Gasteiger partial charge on any atom is -0.478 e. The maximum Gasteiger partial charge on any atom is 0.339 e. The van der Waals surface area contributed by atoms with E-state index in [1.807, 2.05) is 24.3 Å². The SMILES string of the molecule is Cc1oc(CN(C)C(=O)[C@@H]2C[C@@H]2c2cccc(Cl)c2)cc1C(=O)O. The van der Waals surface area contributed by atoms with E-state index in [0.717, 1.165) is 12.0 Å². The smallest absolute Gasteiger partial charge is 0.339 e. The van der Waals surface area contributed by atoms with Crippen LogP contribution in [0, 0.1) is 12.8 Å². The zero-order valence-electron chi connectivity index (χ0n) is 13.5. The molecule has 0 saturated heterocycles. The van der Waals surface area contributed by atoms with Gasteiger partial charge in [0.15, 0.2) is 0 Å². The molecule has 1 N–H and O–H groups in total. The molecule has 3 rings (SSSR count). The molecule has 0 spiro atoms. The molecule has 1 heterocycles. The Kier molecular flexibility index (Phi) is 4.37. The molecular weight excluding hydrogens is 330 g/mol. The van der Waals surface area contributed by atoms with E-state index < -0.39 is 5.97 Å². The zero-order chi connectivity index (χ0) is 17.4. The van der Waals surface area contributed by atoms with Crippen molar-refractivity contribution in [2.75, 3.05) is 7.05 Å². The first-order chi connectivity index (χ1) is 11.4. The molecule has 0 aliphatic heterocycles. The minimum absolute atomic E-state index is 0.0332. The second-order valence-corrected chi connectivity index (χ2v) is 6.62. The molecule has 1 aliphatic rings. The molecule has 1 amide bonds. The highest BCUT2D eigenvalue weighted by Crippen LogP contribution is 2.48. The Morgan fingerprint density at radius 2 is 2.12 bits per heavy atom. The predicted molar refractivity (Wildman–Crippen MR) is 89.2 cm³/mol. The van der Waals surface area contributed by atoms with Crippen molar-refractivity contribution in [3.8, 4) is 0 Å². The van der Waals surface area contributed by atoms with Crippen LogP contribution in [0.5, 0.6) is 0 Å². The number of hydrogen-bond acceptors (Lipinski definition) is 3. The highest BCUT2D eigenvalue weighted by molar-refractivity contribution is 6.30. The molecule has 0 unspecified atom stereocenters. The lowest BCUT2D eigenvalue weighted by Crippen LogP contribution is -2.27. The van der Waals surface area contributed by atoms with Crippen LogP contribution < -0.4 is 0 Å². The number of hydrogen-bond donors (Lipinski definition) is 1. The van der Waals surface area contributed by atoms with Crippen molar-refractivity contribution in [2.45, 2.75) is 25.8 Å². The molecule has 24 heavy (non-hydrogen) atoms. The number of carbonyl (C=O) groups is 2. The summed E-state index contributed by atoms with van der Waals surface area (Å²) >= 11 is 6.00. The van der Waals surface area contributed by atoms with Crippen LogP contribution in [-0.2, 0) is 11.3 Å². The van der Waals surface area contributed by atoms with Crippen LogP contribution in [0.4, 0.5) is 0 Å². The molecule has 2 atom stereocenters. The summed E-state index contributed by atoms with van der Waals surface area (Å²) in [6.45, 7) is 1.86. The van der Waals surface area contributed by atoms with Gasteiger partial charge in [0, 0.05) is 18.0 Å². The molecule has 126 valence electrons. The third-order valence-corrected chi connectivity index (χ3v) is 4.59. The van der Waals surface area contributed by atoms with E-state index in [4.69, 9.17) is 21.1 Å². The Bertz CT molecular complexity index is 798. The lowest BCUT2D eigenvalue weighted by Gasteiger charge is -2.15. The van der Waals surface area contributed by atoms with Crippen molar-refractivity contribution in [1.29, 1.82) is 0 Å². The van der Waals surface area contributed by atoms with Crippen LogP contribution in [0.1, 0.15) is 39.8 Å². The second-order valence-electron chi connectivity index (χ2n) is 6.19. The monoisotopic (exact) mass is 347 g/mol. The fourth-order valence-electron chi connectivity index (χ4n) is 3.00. The lowest BCUT2D eigenvalue weighted by atomic mass is 10.1. The number of aromatic carboxylic acids is 1. The van der Waals surface area contributed by atoms with Crippen molar-refractivity contribution < 1.29 is 19.1 Å². The van der Waals surface area contributed by atoms with Gasteiger partial charge in [0.2, 0.25) is 5.91 Å². The molecule has 6 heteroatoms. The van der Waals surface area contributed by atoms with Crippen molar-refractivity contribution in [2.24, 2.45) is 5.92 Å². The first-order valence-corrected chi connectivity index (χ1v) is 8.07. The van der Waals surface area contributed by atoms with E-state index >= 15 is 0 Å². The van der Waals surface area contributed by atoms with E-state index in [1.165, 1.54) is 6.07 Å². The van der Waals surface area contributed by atoms with Crippen LogP contribution in [-0.4, -0.2) is 28.9 Å². The minimum atomic E-state index is -1.03. The molecule has 2 aromatic rings. The highest BCUT2D eigenvalue weighted by atomic mass is 35.5. The van der Waals surface area contributed by atoms with Gasteiger partial charge in [-0.05, 0) is 43.0 Å². The summed E-state index contributed by atoms with van der Waals surface area (Å²) < 4.78 is 5.43. The van der Waals surface area contributed by atoms with E-state index in [2.05, 4.69) is 0 Å². The molecule has 5 nitrogen and oxygen atoms in total. The summed E-state index contributed by atoms with van der Waals surface area (Å²) in [4.78, 5) is 25.2. The number of amides is 1. The van der Waals surface area contributed by atoms with Crippen molar-refractivity contribution >= 4 is 23.5 Å². The summed E-state index contributed by atoms with van der Waals surface area (Å²) in [5.41, 5.74) is 1.21. The van der Waals surface area contributed by atoms with E-state index in [-0.39, 0.29) is 29.9 Å². The number of rotatable bonds is 5. The number of carboxylic acid groups (broad SMARTS) is 1. The second kappa shape index (κ2) is 6.32. The number of aryl methyl sites for hydroxylation is 1. The van der Waals surface area contributed by atoms with Gasteiger partial charge in [-0.3, -0.25) is 4.79 Å². The average Bonchev–Trinajstić information content (AvgIpc) is 3.23. The first-order valence-electron chi connectivity index (χ1n) is 7.70. The average molecular weight is 348 g/mol. The van der Waals surface area contributed by atoms with E-state index in [1.54, 1.807) is 18.9 Å². The van der Waals surface area contributed by atoms with Gasteiger partial charge in [0.1, 0.15) is 17.1 Å². The van der Waals surface area contributed by atoms with Crippen LogP contribution in [0.15, 0.2) is 34.7 Å². The number of halogens is 1. The van der Waals surface area contributed by atoms with Crippen molar-refractivity contribution in [3.05, 3.63) is 58.0 Å². The Balaban J connectivity index is 1.64. The Morgan fingerprint density at radius 3 is 2.75 bits per heavy atom. The largest absolute Gasteiger partial charge is 0.478 e. The lowest BCUT2D eigenvalue weighted by molar-refractivity contribution is -0.132. The van der Waals surface area contributed by atoms with Gasteiger partial charge < -0.3 is 14.4 Å². The fourth-order valence-corrected chi connectivity index (χ4v) is 3.20. The summed E-state index contributed by atoms with van der Waals surface area (Å²) in [6, 6.07) is 9.06. The quantitative estimate of drug-likeness (QED) is 0.895. The zero-order valence-corrected chi connectivity index (χ0v) is 14.2. The maximum atomic E-state index is 12.5. The summed E-state index contributed by atoms with van der Waals surface area (Å²) in [7, 11) is 1.70. The Morgan fingerprint density at radius 1 is 1.38 bits per heavy atom. The van der Waals surface area contributed by atoms with Crippen LogP contribution in [0.2, 0.25) is 5.02 Å². The van der Waals surface area contributed by atoms with Gasteiger partial charge in [-0.2, -0.15) is 0 Å². The predicted octanol–water partition coefficient (Wildman–Crippen LogP) is 3.70. The van der Waals surface area contributed by atoms with Crippen molar-refractivity contribution in [1.82, 2.24) is 4.90 Å². The molecule has 0 bridgehead atoms. The van der Waals surface area contributed by atoms with Gasteiger partial charge >= 0.3 is 5.97 Å². The molecule has 1 saturated carbocycles. The normalized spacial score (nSPS) is 19.1. The van der Waals surface area contributed by atoms with Gasteiger partial charge in [0.05, 0.1) is 6.54 Å². The van der Waals surface area contributed by atoms with Gasteiger partial charge in [-0.25, -0.2) is 4.79 Å². The standard InChI is InChI=1S/C18H18ClNO4/c1-10-14(18(22)23)7-13(24-10)9-20(2)17(21)16-8-15(16)11-4-3-5-12(19)6-11/h3-7,15-16H,8-9H2,1-2H3,(H,22,23)/t15-,16-/m1/s1. The first kappa shape index (κ1) is 16.6. The van der Waals surface area contributed by atoms with E-state index in [9.17, 15) is 9.59 Å². The number of carboxylic acids is 1. The maximum absolute atomic E-state index is 12.5. The van der Waals surface area contributed by atoms with Gasteiger partial charge in [-0.15, -0.1) is 0 Å².